The number of likely N-dealkylation sites (N-methyl/N-ethyl adjacent to an activating group) is 2. The number of nitrogens with one attached hydrogen (secondary N) is 1. The maximum atomic E-state index is 14.6. The van der Waals surface area contributed by atoms with E-state index in [-0.39, 0.29) is 77.9 Å². The third-order valence-corrected chi connectivity index (χ3v) is 13.5. The van der Waals surface area contributed by atoms with E-state index < -0.39 is 48.3 Å². The Balaban J connectivity index is 2.35. The number of methoxy groups -OCH3 is 2. The first-order chi connectivity index (χ1) is 29.6. The molecule has 1 saturated heterocycles. The predicted octanol–water partition coefficient (Wildman–Crippen LogP) is 7.13. The van der Waals surface area contributed by atoms with Crippen LogP contribution >= 0.6 is 0 Å². The van der Waals surface area contributed by atoms with Crippen LogP contribution in [0.3, 0.4) is 0 Å². The number of hydrogen-bond acceptors (Lipinski definition) is 10. The van der Waals surface area contributed by atoms with E-state index in [0.717, 1.165) is 18.4 Å². The molecule has 13 heteroatoms. The van der Waals surface area contributed by atoms with Gasteiger partial charge in [-0.05, 0) is 70.4 Å². The zero-order valence-corrected chi connectivity index (χ0v) is 41.5. The lowest BCUT2D eigenvalue weighted by atomic mass is 9.83. The summed E-state index contributed by atoms with van der Waals surface area (Å²) < 4.78 is 17.3. The highest BCUT2D eigenvalue weighted by atomic mass is 16.5. The summed E-state index contributed by atoms with van der Waals surface area (Å²) in [5.41, 5.74) is 0.658. The minimum absolute atomic E-state index is 0.0105. The predicted molar refractivity (Wildman–Crippen MR) is 247 cm³/mol. The minimum Gasteiger partial charge on any atom is -0.444 e. The molecule has 0 radical (unpaired) electrons. The van der Waals surface area contributed by atoms with E-state index in [1.165, 1.54) is 0 Å². The van der Waals surface area contributed by atoms with Gasteiger partial charge in [0.15, 0.2) is 12.0 Å². The number of ether oxygens (including phenoxy) is 3. The van der Waals surface area contributed by atoms with Crippen LogP contribution in [-0.4, -0.2) is 127 Å². The Hall–Kier alpha value is -3.68. The first-order valence-electron chi connectivity index (χ1n) is 23.4. The summed E-state index contributed by atoms with van der Waals surface area (Å²) in [6.07, 6.45) is 1.50. The van der Waals surface area contributed by atoms with Gasteiger partial charge in [0.05, 0.1) is 36.8 Å². The number of likely N-dealkylation sites (tertiary alicyclic amines) is 1. The summed E-state index contributed by atoms with van der Waals surface area (Å²) in [6, 6.07) is 8.28. The van der Waals surface area contributed by atoms with Crippen molar-refractivity contribution in [3.63, 3.8) is 0 Å². The lowest BCUT2D eigenvalue weighted by Crippen LogP contribution is -2.55. The standard InChI is InChI=1S/C50H84N4O9/c1-16-22-43(63-31-55)51-48(59)37(27-36-23-19-18-20-24-36)28-40(56)35(8)47(62-15)39-25-21-26-54(39)44(58)30-42(61-14)46(34(7)17-2)52(12)49(60)38(32(3)4)29-41(57)45(33(5)6)53(13)50(9,10)11/h18-20,23-24,31-35,37-39,42-43,45-47H,16-17,21-22,25-30H2,1-15H3,(H,51,59)/t34-,35-,37+,38-,39-,42+,43?,45-,46-,47+/m0/s1. The number of rotatable bonds is 28. The number of ketones is 2. The van der Waals surface area contributed by atoms with E-state index in [0.29, 0.717) is 38.7 Å². The molecule has 1 heterocycles. The Morgan fingerprint density at radius 2 is 1.52 bits per heavy atom. The van der Waals surface area contributed by atoms with Crippen molar-refractivity contribution in [2.75, 3.05) is 34.9 Å². The molecule has 0 aromatic heterocycles. The first-order valence-corrected chi connectivity index (χ1v) is 23.4. The molecule has 10 atom stereocenters. The topological polar surface area (TPSA) is 152 Å². The second-order valence-corrected chi connectivity index (χ2v) is 19.7. The van der Waals surface area contributed by atoms with Crippen LogP contribution in [0.15, 0.2) is 30.3 Å². The second-order valence-electron chi connectivity index (χ2n) is 19.7. The zero-order chi connectivity index (χ0) is 47.8. The molecular weight excluding hydrogens is 801 g/mol. The van der Waals surface area contributed by atoms with Crippen LogP contribution in [0.1, 0.15) is 133 Å². The van der Waals surface area contributed by atoms with Gasteiger partial charge in [-0.25, -0.2) is 0 Å². The Kier molecular flexibility index (Phi) is 23.2. The van der Waals surface area contributed by atoms with Gasteiger partial charge in [-0.1, -0.05) is 98.6 Å². The van der Waals surface area contributed by atoms with Crippen molar-refractivity contribution in [2.45, 2.75) is 176 Å². The molecule has 0 saturated carbocycles. The monoisotopic (exact) mass is 885 g/mol. The highest BCUT2D eigenvalue weighted by Crippen LogP contribution is 2.32. The molecule has 13 nitrogen and oxygen atoms in total. The van der Waals surface area contributed by atoms with Crippen molar-refractivity contribution in [3.05, 3.63) is 35.9 Å². The zero-order valence-electron chi connectivity index (χ0n) is 41.5. The van der Waals surface area contributed by atoms with Gasteiger partial charge >= 0.3 is 0 Å². The van der Waals surface area contributed by atoms with E-state index in [9.17, 15) is 28.8 Å². The first kappa shape index (κ1) is 55.5. The van der Waals surface area contributed by atoms with Crippen molar-refractivity contribution < 1.29 is 43.0 Å². The Morgan fingerprint density at radius 3 is 2.03 bits per heavy atom. The Morgan fingerprint density at radius 1 is 0.889 bits per heavy atom. The van der Waals surface area contributed by atoms with Crippen molar-refractivity contribution in [2.24, 2.45) is 35.5 Å². The van der Waals surface area contributed by atoms with Gasteiger partial charge in [-0.2, -0.15) is 0 Å². The molecular formula is C50H84N4O9. The fourth-order valence-electron chi connectivity index (χ4n) is 9.36. The van der Waals surface area contributed by atoms with Gasteiger partial charge in [0.25, 0.3) is 6.47 Å². The fraction of sp³-hybridized carbons (Fsp3) is 0.760. The second kappa shape index (κ2) is 26.3. The number of Topliss-reactive ketones (excluding diaryl/α,β-unsaturated/α-hetero) is 2. The van der Waals surface area contributed by atoms with Gasteiger partial charge < -0.3 is 29.3 Å². The number of hydrogen-bond donors (Lipinski definition) is 1. The normalized spacial score (nSPS) is 18.8. The van der Waals surface area contributed by atoms with Gasteiger partial charge in [-0.15, -0.1) is 0 Å². The maximum absolute atomic E-state index is 14.6. The van der Waals surface area contributed by atoms with E-state index in [4.69, 9.17) is 14.2 Å². The summed E-state index contributed by atoms with van der Waals surface area (Å²) in [6.45, 7) is 22.9. The van der Waals surface area contributed by atoms with E-state index in [1.807, 2.05) is 72.0 Å². The molecule has 1 fully saturated rings. The van der Waals surface area contributed by atoms with Crippen LogP contribution in [0.5, 0.6) is 0 Å². The SMILES string of the molecule is CCCC(NC(=O)[C@@H](CC(=O)[C@H](C)[C@@H](OC)[C@@H]1CCCN1C(=O)C[C@@H](OC)[C@H]([C@@H](C)CC)N(C)C(=O)[C@@H](CC(=O)[C@H](C(C)C)N(C)C(C)(C)C)C(C)C)Cc1ccccc1)OC=O. The molecule has 63 heavy (non-hydrogen) atoms. The molecule has 1 aromatic rings. The molecule has 0 spiro atoms. The van der Waals surface area contributed by atoms with Crippen LogP contribution in [0.4, 0.5) is 0 Å². The molecule has 3 amide bonds. The van der Waals surface area contributed by atoms with Crippen LogP contribution in [0.2, 0.25) is 0 Å². The molecule has 1 aliphatic heterocycles. The number of carbonyl (C=O) groups excluding carboxylic acids is 6. The Bertz CT molecular complexity index is 1600. The molecule has 0 aliphatic carbocycles. The van der Waals surface area contributed by atoms with Crippen LogP contribution in [0, 0.1) is 35.5 Å². The van der Waals surface area contributed by atoms with Crippen LogP contribution in [-0.2, 0) is 49.4 Å². The van der Waals surface area contributed by atoms with Gasteiger partial charge in [0.1, 0.15) is 5.78 Å². The summed E-state index contributed by atoms with van der Waals surface area (Å²) in [4.78, 5) is 87.7. The number of carbonyl (C=O) groups is 6. The lowest BCUT2D eigenvalue weighted by Gasteiger charge is -2.42. The number of benzene rings is 1. The number of nitrogens with zero attached hydrogens (tertiary/aromatic N) is 3. The van der Waals surface area contributed by atoms with Gasteiger partial charge in [0.2, 0.25) is 17.7 Å². The molecule has 358 valence electrons. The number of amides is 3. The third-order valence-electron chi connectivity index (χ3n) is 13.5. The molecule has 0 bridgehead atoms. The molecule has 1 aliphatic rings. The summed E-state index contributed by atoms with van der Waals surface area (Å²) in [5, 5.41) is 2.82. The minimum atomic E-state index is -0.798. The highest BCUT2D eigenvalue weighted by Gasteiger charge is 2.44. The maximum Gasteiger partial charge on any atom is 0.295 e. The van der Waals surface area contributed by atoms with E-state index in [2.05, 4.69) is 44.8 Å². The van der Waals surface area contributed by atoms with E-state index >= 15 is 0 Å². The molecule has 1 N–H and O–H groups in total. The summed E-state index contributed by atoms with van der Waals surface area (Å²) >= 11 is 0. The van der Waals surface area contributed by atoms with E-state index in [1.54, 1.807) is 38.0 Å². The van der Waals surface area contributed by atoms with Crippen molar-refractivity contribution in [1.29, 1.82) is 0 Å². The largest absolute Gasteiger partial charge is 0.444 e. The van der Waals surface area contributed by atoms with Gasteiger partial charge in [-0.3, -0.25) is 33.7 Å². The average molecular weight is 885 g/mol. The van der Waals surface area contributed by atoms with Crippen molar-refractivity contribution >= 4 is 35.8 Å². The van der Waals surface area contributed by atoms with Gasteiger partial charge in [0, 0.05) is 70.4 Å². The summed E-state index contributed by atoms with van der Waals surface area (Å²) in [5.74, 6) is -2.81. The lowest BCUT2D eigenvalue weighted by molar-refractivity contribution is -0.149. The summed E-state index contributed by atoms with van der Waals surface area (Å²) in [7, 11) is 6.87. The van der Waals surface area contributed by atoms with Crippen molar-refractivity contribution in [3.8, 4) is 0 Å². The van der Waals surface area contributed by atoms with Crippen LogP contribution in [0.25, 0.3) is 0 Å². The molecule has 1 unspecified atom stereocenters. The highest BCUT2D eigenvalue weighted by molar-refractivity contribution is 5.90. The Labute approximate surface area is 380 Å². The smallest absolute Gasteiger partial charge is 0.295 e. The van der Waals surface area contributed by atoms with Crippen molar-refractivity contribution in [1.82, 2.24) is 20.0 Å². The fourth-order valence-corrected chi connectivity index (χ4v) is 9.36. The molecule has 1 aromatic carbocycles. The quantitative estimate of drug-likeness (QED) is 0.0680. The molecule has 2 rings (SSSR count). The average Bonchev–Trinajstić information content (AvgIpc) is 3.71. The van der Waals surface area contributed by atoms with Crippen LogP contribution < -0.4 is 5.32 Å². The third kappa shape index (κ3) is 15.8.